The monoisotopic (exact) mass is 919 g/mol. The third-order valence-electron chi connectivity index (χ3n) is 11.6. The van der Waals surface area contributed by atoms with Gasteiger partial charge in [0.1, 0.15) is 13.2 Å². The van der Waals surface area contributed by atoms with Crippen LogP contribution < -0.4 is 0 Å². The molecule has 0 spiro atoms. The van der Waals surface area contributed by atoms with E-state index in [1.807, 2.05) is 0 Å². The van der Waals surface area contributed by atoms with Gasteiger partial charge in [0.25, 0.3) is 0 Å². The first-order valence-electron chi connectivity index (χ1n) is 27.6. The molecule has 0 saturated carbocycles. The number of hydrogen-bond donors (Lipinski definition) is 0. The normalized spacial score (nSPS) is 12.7. The first-order chi connectivity index (χ1) is 32.5. The van der Waals surface area contributed by atoms with Crippen molar-refractivity contribution in [2.75, 3.05) is 13.2 Å². The zero-order valence-corrected chi connectivity index (χ0v) is 43.2. The third-order valence-corrected chi connectivity index (χ3v) is 11.6. The highest BCUT2D eigenvalue weighted by atomic mass is 16.6. The molecule has 378 valence electrons. The molecule has 6 heteroatoms. The van der Waals surface area contributed by atoms with Crippen molar-refractivity contribution in [3.05, 3.63) is 85.1 Å². The SMILES string of the molecule is CC/C=C\C/C=C\C/C=C\C/C=C\CCCCCCCCC(=O)OCC(COC(=O)CCCCCCCCCCCCCC)OC(=O)CCC/C=C\C/C=C\C/C=C\CCCCCCCC. The Kier molecular flexibility index (Phi) is 51.4. The second-order valence-electron chi connectivity index (χ2n) is 18.1. The average Bonchev–Trinajstić information content (AvgIpc) is 3.31. The lowest BCUT2D eigenvalue weighted by Gasteiger charge is -2.18. The molecule has 0 aliphatic carbocycles. The fourth-order valence-electron chi connectivity index (χ4n) is 7.51. The van der Waals surface area contributed by atoms with Gasteiger partial charge in [0.2, 0.25) is 0 Å². The van der Waals surface area contributed by atoms with Crippen LogP contribution in [0.25, 0.3) is 0 Å². The molecule has 0 aliphatic heterocycles. The van der Waals surface area contributed by atoms with Crippen LogP contribution in [0.3, 0.4) is 0 Å². The van der Waals surface area contributed by atoms with Gasteiger partial charge >= 0.3 is 17.9 Å². The Morgan fingerprint density at radius 2 is 0.606 bits per heavy atom. The number of allylic oxidation sites excluding steroid dienone is 14. The Labute approximate surface area is 407 Å². The second-order valence-corrected chi connectivity index (χ2v) is 18.1. The fraction of sp³-hybridized carbons (Fsp3) is 0.717. The number of hydrogen-bond acceptors (Lipinski definition) is 6. The molecular formula is C60H102O6. The van der Waals surface area contributed by atoms with E-state index in [9.17, 15) is 14.4 Å². The Morgan fingerprint density at radius 1 is 0.318 bits per heavy atom. The molecule has 0 fully saturated rings. The number of rotatable bonds is 49. The van der Waals surface area contributed by atoms with Crippen molar-refractivity contribution >= 4 is 17.9 Å². The topological polar surface area (TPSA) is 78.9 Å². The van der Waals surface area contributed by atoms with Gasteiger partial charge in [-0.15, -0.1) is 0 Å². The predicted octanol–water partition coefficient (Wildman–Crippen LogP) is 18.4. The standard InChI is InChI=1S/C60H102O6/c1-4-7-10-13-16-19-22-25-27-29-30-32-33-35-38-41-44-47-50-53-59(62)65-56-57(55-64-58(61)52-49-46-43-40-37-24-21-18-15-12-9-6-3)66-60(63)54-51-48-45-42-39-36-34-31-28-26-23-20-17-14-11-8-5-2/h7,10,16,19,25-28,30,32,34,36,42,45,57H,4-6,8-9,11-15,17-18,20-24,29,31,33,35,37-41,43-44,46-56H2,1-3H3/b10-7-,19-16-,27-25-,28-26-,32-30-,36-34-,45-42-. The Morgan fingerprint density at radius 3 is 0.970 bits per heavy atom. The van der Waals surface area contributed by atoms with Gasteiger partial charge in [0.05, 0.1) is 0 Å². The van der Waals surface area contributed by atoms with Gasteiger partial charge in [-0.25, -0.2) is 0 Å². The van der Waals surface area contributed by atoms with E-state index in [0.717, 1.165) is 96.3 Å². The average molecular weight is 919 g/mol. The molecular weight excluding hydrogens is 817 g/mol. The van der Waals surface area contributed by atoms with Crippen LogP contribution in [0.15, 0.2) is 85.1 Å². The van der Waals surface area contributed by atoms with Crippen molar-refractivity contribution in [1.29, 1.82) is 0 Å². The van der Waals surface area contributed by atoms with E-state index in [0.29, 0.717) is 19.3 Å². The molecule has 1 atom stereocenters. The number of carbonyl (C=O) groups is 3. The summed E-state index contributed by atoms with van der Waals surface area (Å²) in [5.41, 5.74) is 0. The van der Waals surface area contributed by atoms with Crippen molar-refractivity contribution in [3.8, 4) is 0 Å². The van der Waals surface area contributed by atoms with Gasteiger partial charge < -0.3 is 14.2 Å². The number of unbranched alkanes of at least 4 members (excludes halogenated alkanes) is 24. The van der Waals surface area contributed by atoms with Crippen LogP contribution in [0, 0.1) is 0 Å². The lowest BCUT2D eigenvalue weighted by molar-refractivity contribution is -0.167. The minimum absolute atomic E-state index is 0.0997. The van der Waals surface area contributed by atoms with Crippen LogP contribution in [-0.4, -0.2) is 37.2 Å². The molecule has 0 aromatic carbocycles. The molecule has 0 aliphatic rings. The van der Waals surface area contributed by atoms with E-state index in [2.05, 4.69) is 106 Å². The summed E-state index contributed by atoms with van der Waals surface area (Å²) in [5, 5.41) is 0. The van der Waals surface area contributed by atoms with Crippen LogP contribution in [0.5, 0.6) is 0 Å². The summed E-state index contributed by atoms with van der Waals surface area (Å²) >= 11 is 0. The maximum Gasteiger partial charge on any atom is 0.306 e. The van der Waals surface area contributed by atoms with Gasteiger partial charge in [-0.1, -0.05) is 234 Å². The summed E-state index contributed by atoms with van der Waals surface area (Å²) < 4.78 is 16.8. The molecule has 1 unspecified atom stereocenters. The Hall–Kier alpha value is -3.41. The fourth-order valence-corrected chi connectivity index (χ4v) is 7.51. The van der Waals surface area contributed by atoms with E-state index >= 15 is 0 Å². The van der Waals surface area contributed by atoms with Crippen molar-refractivity contribution in [3.63, 3.8) is 0 Å². The maximum atomic E-state index is 12.8. The van der Waals surface area contributed by atoms with Crippen LogP contribution in [-0.2, 0) is 28.6 Å². The highest BCUT2D eigenvalue weighted by Crippen LogP contribution is 2.14. The van der Waals surface area contributed by atoms with Crippen molar-refractivity contribution in [2.45, 2.75) is 264 Å². The van der Waals surface area contributed by atoms with Crippen LogP contribution in [0.2, 0.25) is 0 Å². The van der Waals surface area contributed by atoms with Gasteiger partial charge in [-0.2, -0.15) is 0 Å². The maximum absolute atomic E-state index is 12.8. The first kappa shape index (κ1) is 62.6. The molecule has 0 heterocycles. The number of esters is 3. The zero-order valence-electron chi connectivity index (χ0n) is 43.2. The molecule has 0 bridgehead atoms. The summed E-state index contributed by atoms with van der Waals surface area (Å²) in [4.78, 5) is 38.0. The van der Waals surface area contributed by atoms with Gasteiger partial charge in [0.15, 0.2) is 6.10 Å². The molecule has 66 heavy (non-hydrogen) atoms. The third kappa shape index (κ3) is 51.6. The molecule has 0 radical (unpaired) electrons. The summed E-state index contributed by atoms with van der Waals surface area (Å²) in [5.74, 6) is -0.964. The summed E-state index contributed by atoms with van der Waals surface area (Å²) in [6.45, 7) is 6.47. The van der Waals surface area contributed by atoms with Crippen LogP contribution in [0.4, 0.5) is 0 Å². The smallest absolute Gasteiger partial charge is 0.306 e. The van der Waals surface area contributed by atoms with Gasteiger partial charge in [-0.3, -0.25) is 14.4 Å². The van der Waals surface area contributed by atoms with Crippen molar-refractivity contribution in [2.24, 2.45) is 0 Å². The van der Waals surface area contributed by atoms with Crippen LogP contribution in [0.1, 0.15) is 258 Å². The second kappa shape index (κ2) is 54.2. The van der Waals surface area contributed by atoms with Crippen molar-refractivity contribution < 1.29 is 28.6 Å². The van der Waals surface area contributed by atoms with Crippen LogP contribution >= 0.6 is 0 Å². The lowest BCUT2D eigenvalue weighted by atomic mass is 10.0. The molecule has 0 aromatic rings. The van der Waals surface area contributed by atoms with E-state index in [1.54, 1.807) is 0 Å². The van der Waals surface area contributed by atoms with Gasteiger partial charge in [0, 0.05) is 19.3 Å². The number of carbonyl (C=O) groups excluding carboxylic acids is 3. The van der Waals surface area contributed by atoms with E-state index in [4.69, 9.17) is 14.2 Å². The Bertz CT molecular complexity index is 1290. The summed E-state index contributed by atoms with van der Waals surface area (Å²) in [7, 11) is 0. The summed E-state index contributed by atoms with van der Waals surface area (Å²) in [6, 6.07) is 0. The largest absolute Gasteiger partial charge is 0.462 e. The molecule has 0 aromatic heterocycles. The van der Waals surface area contributed by atoms with E-state index in [-0.39, 0.29) is 37.5 Å². The predicted molar refractivity (Wildman–Crippen MR) is 284 cm³/mol. The van der Waals surface area contributed by atoms with Gasteiger partial charge in [-0.05, 0) is 89.9 Å². The first-order valence-corrected chi connectivity index (χ1v) is 27.6. The summed E-state index contributed by atoms with van der Waals surface area (Å²) in [6.07, 6.45) is 70.0. The quantitative estimate of drug-likeness (QED) is 0.0262. The highest BCUT2D eigenvalue weighted by Gasteiger charge is 2.19. The molecule has 0 rings (SSSR count). The van der Waals surface area contributed by atoms with E-state index in [1.165, 1.54) is 116 Å². The lowest BCUT2D eigenvalue weighted by Crippen LogP contribution is -2.30. The van der Waals surface area contributed by atoms with E-state index < -0.39 is 6.10 Å². The van der Waals surface area contributed by atoms with Crippen molar-refractivity contribution in [1.82, 2.24) is 0 Å². The minimum atomic E-state index is -0.807. The molecule has 6 nitrogen and oxygen atoms in total. The minimum Gasteiger partial charge on any atom is -0.462 e. The molecule has 0 saturated heterocycles. The number of ether oxygens (including phenoxy) is 3. The highest BCUT2D eigenvalue weighted by molar-refractivity contribution is 5.71. The molecule has 0 amide bonds. The molecule has 0 N–H and O–H groups in total. The zero-order chi connectivity index (χ0) is 47.9. The Balaban J connectivity index is 4.46.